The third-order valence-corrected chi connectivity index (χ3v) is 5.16. The second-order valence-corrected chi connectivity index (χ2v) is 6.21. The molecule has 1 aliphatic heterocycles. The molecule has 1 aromatic rings. The van der Waals surface area contributed by atoms with Crippen LogP contribution in [0.1, 0.15) is 30.4 Å². The summed E-state index contributed by atoms with van der Waals surface area (Å²) in [6.07, 6.45) is 4.06. The van der Waals surface area contributed by atoms with Gasteiger partial charge in [0.2, 0.25) is 0 Å². The maximum atomic E-state index is 3.56. The van der Waals surface area contributed by atoms with Gasteiger partial charge in [-0.2, -0.15) is 0 Å². The summed E-state index contributed by atoms with van der Waals surface area (Å²) in [5, 5.41) is 3.56. The van der Waals surface area contributed by atoms with Gasteiger partial charge in [0.15, 0.2) is 0 Å². The summed E-state index contributed by atoms with van der Waals surface area (Å²) < 4.78 is 1.40. The molecule has 3 heteroatoms. The van der Waals surface area contributed by atoms with Gasteiger partial charge >= 0.3 is 0 Å². The monoisotopic (exact) mass is 358 g/mol. The van der Waals surface area contributed by atoms with Crippen LogP contribution in [-0.2, 0) is 6.54 Å². The first-order valence-corrected chi connectivity index (χ1v) is 8.02. The summed E-state index contributed by atoms with van der Waals surface area (Å²) in [6, 6.07) is 6.56. The van der Waals surface area contributed by atoms with Crippen molar-refractivity contribution < 1.29 is 0 Å². The lowest BCUT2D eigenvalue weighted by Crippen LogP contribution is -2.24. The normalized spacial score (nSPS) is 16.3. The lowest BCUT2D eigenvalue weighted by Gasteiger charge is -2.14. The molecule has 0 bridgehead atoms. The van der Waals surface area contributed by atoms with Gasteiger partial charge in [0.05, 0.1) is 0 Å². The van der Waals surface area contributed by atoms with Crippen molar-refractivity contribution in [1.82, 2.24) is 10.2 Å². The molecule has 1 aliphatic rings. The molecule has 1 aromatic carbocycles. The molecule has 18 heavy (non-hydrogen) atoms. The first-order chi connectivity index (χ1) is 8.77. The molecule has 0 aromatic heterocycles. The Morgan fingerprint density at radius 1 is 1.28 bits per heavy atom. The Morgan fingerprint density at radius 3 is 2.83 bits per heavy atom. The summed E-state index contributed by atoms with van der Waals surface area (Å²) in [6.45, 7) is 8.20. The SMILES string of the molecule is Cc1cccc(CNCCCN2CCCC2)c1I. The first-order valence-electron chi connectivity index (χ1n) is 6.94. The summed E-state index contributed by atoms with van der Waals surface area (Å²) in [5.74, 6) is 0. The van der Waals surface area contributed by atoms with E-state index in [2.05, 4.69) is 57.9 Å². The molecule has 100 valence electrons. The minimum atomic E-state index is 1.000. The van der Waals surface area contributed by atoms with Crippen LogP contribution in [-0.4, -0.2) is 31.1 Å². The predicted octanol–water partition coefficient (Wildman–Crippen LogP) is 3.18. The molecule has 1 heterocycles. The van der Waals surface area contributed by atoms with E-state index in [0.29, 0.717) is 0 Å². The van der Waals surface area contributed by atoms with E-state index in [4.69, 9.17) is 0 Å². The largest absolute Gasteiger partial charge is 0.313 e. The minimum absolute atomic E-state index is 1.000. The Bertz CT molecular complexity index is 373. The van der Waals surface area contributed by atoms with Crippen LogP contribution in [0.25, 0.3) is 0 Å². The molecule has 1 N–H and O–H groups in total. The van der Waals surface area contributed by atoms with Crippen molar-refractivity contribution in [1.29, 1.82) is 0 Å². The Hall–Kier alpha value is -0.130. The maximum absolute atomic E-state index is 3.56. The molecule has 2 nitrogen and oxygen atoms in total. The molecule has 0 radical (unpaired) electrons. The lowest BCUT2D eigenvalue weighted by molar-refractivity contribution is 0.331. The van der Waals surface area contributed by atoms with E-state index in [1.165, 1.54) is 53.6 Å². The van der Waals surface area contributed by atoms with E-state index >= 15 is 0 Å². The van der Waals surface area contributed by atoms with Crippen molar-refractivity contribution in [2.24, 2.45) is 0 Å². The van der Waals surface area contributed by atoms with E-state index < -0.39 is 0 Å². The highest BCUT2D eigenvalue weighted by molar-refractivity contribution is 14.1. The average molecular weight is 358 g/mol. The number of halogens is 1. The van der Waals surface area contributed by atoms with Crippen LogP contribution in [0.5, 0.6) is 0 Å². The zero-order valence-corrected chi connectivity index (χ0v) is 13.4. The number of hydrogen-bond acceptors (Lipinski definition) is 2. The van der Waals surface area contributed by atoms with Gasteiger partial charge in [-0.05, 0) is 86.1 Å². The zero-order chi connectivity index (χ0) is 12.8. The Morgan fingerprint density at radius 2 is 2.06 bits per heavy atom. The summed E-state index contributed by atoms with van der Waals surface area (Å²) in [4.78, 5) is 2.58. The van der Waals surface area contributed by atoms with E-state index in [-0.39, 0.29) is 0 Å². The van der Waals surface area contributed by atoms with Gasteiger partial charge in [-0.1, -0.05) is 18.2 Å². The van der Waals surface area contributed by atoms with Crippen LogP contribution in [0.4, 0.5) is 0 Å². The van der Waals surface area contributed by atoms with Gasteiger partial charge in [-0.25, -0.2) is 0 Å². The molecule has 0 amide bonds. The molecule has 0 saturated carbocycles. The van der Waals surface area contributed by atoms with Gasteiger partial charge < -0.3 is 10.2 Å². The van der Waals surface area contributed by atoms with Crippen molar-refractivity contribution in [3.8, 4) is 0 Å². The molecule has 0 spiro atoms. The van der Waals surface area contributed by atoms with Crippen LogP contribution in [0.15, 0.2) is 18.2 Å². The molecule has 1 saturated heterocycles. The molecular weight excluding hydrogens is 335 g/mol. The Kier molecular flexibility index (Phi) is 5.92. The van der Waals surface area contributed by atoms with Crippen molar-refractivity contribution in [3.05, 3.63) is 32.9 Å². The number of likely N-dealkylation sites (tertiary alicyclic amines) is 1. The number of rotatable bonds is 6. The fourth-order valence-electron chi connectivity index (χ4n) is 2.50. The van der Waals surface area contributed by atoms with Crippen LogP contribution in [0.3, 0.4) is 0 Å². The third kappa shape index (κ3) is 4.21. The van der Waals surface area contributed by atoms with E-state index in [0.717, 1.165) is 13.1 Å². The van der Waals surface area contributed by atoms with Crippen LogP contribution < -0.4 is 5.32 Å². The molecule has 2 rings (SSSR count). The summed E-state index contributed by atoms with van der Waals surface area (Å²) in [7, 11) is 0. The van der Waals surface area contributed by atoms with Crippen molar-refractivity contribution in [2.45, 2.75) is 32.7 Å². The minimum Gasteiger partial charge on any atom is -0.313 e. The lowest BCUT2D eigenvalue weighted by atomic mass is 10.1. The quantitative estimate of drug-likeness (QED) is 0.621. The van der Waals surface area contributed by atoms with Gasteiger partial charge in [0.1, 0.15) is 0 Å². The highest BCUT2D eigenvalue weighted by Crippen LogP contribution is 2.16. The van der Waals surface area contributed by atoms with E-state index in [1.807, 2.05) is 0 Å². The highest BCUT2D eigenvalue weighted by Gasteiger charge is 2.10. The van der Waals surface area contributed by atoms with Gasteiger partial charge in [-0.15, -0.1) is 0 Å². The van der Waals surface area contributed by atoms with Gasteiger partial charge in [-0.3, -0.25) is 0 Å². The number of hydrogen-bond donors (Lipinski definition) is 1. The molecule has 0 aliphatic carbocycles. The average Bonchev–Trinajstić information content (AvgIpc) is 2.87. The van der Waals surface area contributed by atoms with E-state index in [1.54, 1.807) is 0 Å². The fraction of sp³-hybridized carbons (Fsp3) is 0.600. The summed E-state index contributed by atoms with van der Waals surface area (Å²) in [5.41, 5.74) is 2.81. The fourth-order valence-corrected chi connectivity index (χ4v) is 3.05. The molecule has 0 unspecified atom stereocenters. The number of aryl methyl sites for hydroxylation is 1. The van der Waals surface area contributed by atoms with Gasteiger partial charge in [0.25, 0.3) is 0 Å². The van der Waals surface area contributed by atoms with Crippen molar-refractivity contribution >= 4 is 22.6 Å². The Labute approximate surface area is 124 Å². The van der Waals surface area contributed by atoms with Crippen LogP contribution in [0.2, 0.25) is 0 Å². The predicted molar refractivity (Wildman–Crippen MR) is 85.9 cm³/mol. The van der Waals surface area contributed by atoms with Gasteiger partial charge in [0, 0.05) is 10.1 Å². The van der Waals surface area contributed by atoms with Crippen LogP contribution in [0, 0.1) is 10.5 Å². The second kappa shape index (κ2) is 7.46. The highest BCUT2D eigenvalue weighted by atomic mass is 127. The maximum Gasteiger partial charge on any atom is 0.0216 e. The molecule has 1 fully saturated rings. The standard InChI is InChI=1S/C15H23IN2/c1-13-6-4-7-14(15(13)16)12-17-8-5-11-18-9-2-3-10-18/h4,6-7,17H,2-3,5,8-12H2,1H3. The Balaban J connectivity index is 1.64. The second-order valence-electron chi connectivity index (χ2n) is 5.13. The topological polar surface area (TPSA) is 15.3 Å². The number of nitrogens with one attached hydrogen (secondary N) is 1. The third-order valence-electron chi connectivity index (χ3n) is 3.61. The molecular formula is C15H23IN2. The zero-order valence-electron chi connectivity index (χ0n) is 11.2. The smallest absolute Gasteiger partial charge is 0.0216 e. The van der Waals surface area contributed by atoms with Crippen LogP contribution >= 0.6 is 22.6 Å². The number of benzene rings is 1. The first kappa shape index (κ1) is 14.3. The molecule has 0 atom stereocenters. The van der Waals surface area contributed by atoms with Crippen molar-refractivity contribution in [2.75, 3.05) is 26.2 Å². The van der Waals surface area contributed by atoms with E-state index in [9.17, 15) is 0 Å². The number of nitrogens with zero attached hydrogens (tertiary/aromatic N) is 1. The summed E-state index contributed by atoms with van der Waals surface area (Å²) >= 11 is 2.45. The van der Waals surface area contributed by atoms with Crippen molar-refractivity contribution in [3.63, 3.8) is 0 Å².